The molecular formula is C17H18FN5O. The Morgan fingerprint density at radius 1 is 1.12 bits per heavy atom. The van der Waals surface area contributed by atoms with E-state index in [2.05, 4.69) is 20.7 Å². The zero-order valence-corrected chi connectivity index (χ0v) is 13.4. The molecule has 0 bridgehead atoms. The molecule has 7 heteroatoms. The van der Waals surface area contributed by atoms with Crippen LogP contribution in [0.4, 0.5) is 21.8 Å². The molecule has 0 aliphatic rings. The molecule has 0 saturated heterocycles. The van der Waals surface area contributed by atoms with E-state index in [0.717, 1.165) is 11.9 Å². The van der Waals surface area contributed by atoms with Crippen molar-refractivity contribution in [1.82, 2.24) is 14.6 Å². The molecule has 2 N–H and O–H groups in total. The minimum absolute atomic E-state index is 0.0946. The number of ether oxygens (including phenoxy) is 1. The number of rotatable bonds is 6. The Bertz CT molecular complexity index is 787. The summed E-state index contributed by atoms with van der Waals surface area (Å²) in [6, 6.07) is 11.0. The lowest BCUT2D eigenvalue weighted by Crippen LogP contribution is -2.10. The predicted octanol–water partition coefficient (Wildman–Crippen LogP) is 3.82. The number of nitrogens with one attached hydrogen (secondary N) is 2. The quantitative estimate of drug-likeness (QED) is 0.720. The number of aromatic nitrogens is 3. The van der Waals surface area contributed by atoms with Crippen LogP contribution < -0.4 is 15.5 Å². The lowest BCUT2D eigenvalue weighted by molar-refractivity contribution is 0.242. The number of hydrogen-bond acceptors (Lipinski definition) is 5. The van der Waals surface area contributed by atoms with Crippen LogP contribution in [0.25, 0.3) is 0 Å². The largest absolute Gasteiger partial charge is 0.491 e. The van der Waals surface area contributed by atoms with Gasteiger partial charge in [-0.15, -0.1) is 0 Å². The monoisotopic (exact) mass is 327 g/mol. The molecule has 0 radical (unpaired) electrons. The third-order valence-corrected chi connectivity index (χ3v) is 3.07. The summed E-state index contributed by atoms with van der Waals surface area (Å²) in [7, 11) is 0. The van der Waals surface area contributed by atoms with Crippen LogP contribution in [0.5, 0.6) is 5.75 Å². The number of anilines is 3. The van der Waals surface area contributed by atoms with Crippen LogP contribution in [0.3, 0.4) is 0 Å². The lowest BCUT2D eigenvalue weighted by atomic mass is 10.3. The molecule has 0 atom stereocenters. The fraction of sp³-hybridized carbons (Fsp3) is 0.176. The first-order chi connectivity index (χ1) is 11.6. The van der Waals surface area contributed by atoms with Crippen molar-refractivity contribution in [2.24, 2.45) is 0 Å². The first-order valence-corrected chi connectivity index (χ1v) is 7.56. The molecular weight excluding hydrogens is 309 g/mol. The van der Waals surface area contributed by atoms with Crippen LogP contribution >= 0.6 is 0 Å². The normalized spacial score (nSPS) is 10.7. The second-order valence-electron chi connectivity index (χ2n) is 5.41. The summed E-state index contributed by atoms with van der Waals surface area (Å²) in [5.41, 5.74) is 3.64. The maximum Gasteiger partial charge on any atom is 0.244 e. The molecule has 0 aliphatic heterocycles. The Morgan fingerprint density at radius 2 is 1.83 bits per heavy atom. The van der Waals surface area contributed by atoms with E-state index < -0.39 is 5.82 Å². The Morgan fingerprint density at radius 3 is 2.50 bits per heavy atom. The van der Waals surface area contributed by atoms with Gasteiger partial charge < -0.3 is 10.1 Å². The van der Waals surface area contributed by atoms with Gasteiger partial charge >= 0.3 is 0 Å². The van der Waals surface area contributed by atoms with Gasteiger partial charge in [0.2, 0.25) is 5.95 Å². The van der Waals surface area contributed by atoms with Crippen LogP contribution in [0.15, 0.2) is 55.0 Å². The van der Waals surface area contributed by atoms with Crippen molar-refractivity contribution in [3.63, 3.8) is 0 Å². The van der Waals surface area contributed by atoms with E-state index in [4.69, 9.17) is 4.74 Å². The van der Waals surface area contributed by atoms with E-state index in [-0.39, 0.29) is 17.9 Å². The van der Waals surface area contributed by atoms with Gasteiger partial charge in [0.25, 0.3) is 0 Å². The van der Waals surface area contributed by atoms with Gasteiger partial charge in [0.1, 0.15) is 5.75 Å². The van der Waals surface area contributed by atoms with Crippen molar-refractivity contribution < 1.29 is 9.13 Å². The molecule has 2 aromatic heterocycles. The first-order valence-electron chi connectivity index (χ1n) is 7.56. The molecule has 0 saturated carbocycles. The zero-order chi connectivity index (χ0) is 16.9. The highest BCUT2D eigenvalue weighted by Crippen LogP contribution is 2.22. The Kier molecular flexibility index (Phi) is 4.60. The second kappa shape index (κ2) is 6.99. The summed E-state index contributed by atoms with van der Waals surface area (Å²) in [6.45, 7) is 3.92. The third-order valence-electron chi connectivity index (χ3n) is 3.07. The van der Waals surface area contributed by atoms with E-state index >= 15 is 0 Å². The zero-order valence-electron chi connectivity index (χ0n) is 13.4. The van der Waals surface area contributed by atoms with E-state index in [1.807, 2.05) is 38.1 Å². The maximum atomic E-state index is 13.9. The van der Waals surface area contributed by atoms with Gasteiger partial charge in [-0.05, 0) is 50.2 Å². The highest BCUT2D eigenvalue weighted by atomic mass is 19.1. The molecule has 24 heavy (non-hydrogen) atoms. The van der Waals surface area contributed by atoms with Crippen LogP contribution in [-0.2, 0) is 0 Å². The van der Waals surface area contributed by atoms with E-state index in [9.17, 15) is 4.39 Å². The minimum atomic E-state index is -0.532. The molecule has 0 spiro atoms. The molecule has 0 fully saturated rings. The highest BCUT2D eigenvalue weighted by molar-refractivity contribution is 5.58. The summed E-state index contributed by atoms with van der Waals surface area (Å²) in [5.74, 6) is 0.608. The molecule has 3 rings (SSSR count). The molecule has 6 nitrogen and oxygen atoms in total. The van der Waals surface area contributed by atoms with E-state index in [1.165, 1.54) is 0 Å². The van der Waals surface area contributed by atoms with Gasteiger partial charge in [-0.25, -0.2) is 9.37 Å². The third kappa shape index (κ3) is 4.01. The molecule has 124 valence electrons. The number of nitrogens with zero attached hydrogens (tertiary/aromatic N) is 3. The lowest BCUT2D eigenvalue weighted by Gasteiger charge is -2.12. The number of hydrogen-bond donors (Lipinski definition) is 2. The summed E-state index contributed by atoms with van der Waals surface area (Å²) in [6.07, 6.45) is 4.82. The van der Waals surface area contributed by atoms with Crippen molar-refractivity contribution in [3.05, 3.63) is 60.8 Å². The second-order valence-corrected chi connectivity index (χ2v) is 5.41. The molecule has 0 aliphatic carbocycles. The van der Waals surface area contributed by atoms with Crippen LogP contribution in [0.2, 0.25) is 0 Å². The highest BCUT2D eigenvalue weighted by Gasteiger charge is 2.08. The number of benzene rings is 1. The van der Waals surface area contributed by atoms with Crippen LogP contribution in [0, 0.1) is 5.82 Å². The van der Waals surface area contributed by atoms with Crippen molar-refractivity contribution in [2.45, 2.75) is 20.0 Å². The van der Waals surface area contributed by atoms with E-state index in [1.54, 1.807) is 29.2 Å². The van der Waals surface area contributed by atoms with Gasteiger partial charge in [-0.1, -0.05) is 0 Å². The van der Waals surface area contributed by atoms with Gasteiger partial charge in [-0.2, -0.15) is 4.98 Å². The summed E-state index contributed by atoms with van der Waals surface area (Å²) in [5, 5.41) is 2.94. The predicted molar refractivity (Wildman–Crippen MR) is 90.9 cm³/mol. The Hall–Kier alpha value is -3.09. The fourth-order valence-electron chi connectivity index (χ4n) is 2.06. The fourth-order valence-corrected chi connectivity index (χ4v) is 2.06. The molecule has 1 aromatic carbocycles. The average Bonchev–Trinajstić information content (AvgIpc) is 3.05. The average molecular weight is 327 g/mol. The van der Waals surface area contributed by atoms with Gasteiger partial charge in [0.15, 0.2) is 11.6 Å². The number of halogens is 1. The molecule has 0 unspecified atom stereocenters. The maximum absolute atomic E-state index is 13.9. The standard InChI is InChI=1S/C17H18FN5O/c1-12(2)24-14-7-5-13(6-8-14)20-16-15(18)11-19-17(21-16)22-23-9-3-4-10-23/h3-12H,1-2H3,(H2,19,20,21,22). The molecule has 2 heterocycles. The smallest absolute Gasteiger partial charge is 0.244 e. The summed E-state index contributed by atoms with van der Waals surface area (Å²) in [4.78, 5) is 8.08. The Balaban J connectivity index is 1.74. The van der Waals surface area contributed by atoms with Gasteiger partial charge in [0, 0.05) is 18.1 Å². The van der Waals surface area contributed by atoms with Crippen molar-refractivity contribution >= 4 is 17.5 Å². The van der Waals surface area contributed by atoms with Crippen molar-refractivity contribution in [1.29, 1.82) is 0 Å². The first kappa shape index (κ1) is 15.8. The van der Waals surface area contributed by atoms with Crippen LogP contribution in [-0.4, -0.2) is 20.7 Å². The van der Waals surface area contributed by atoms with Crippen LogP contribution in [0.1, 0.15) is 13.8 Å². The van der Waals surface area contributed by atoms with Gasteiger partial charge in [-0.3, -0.25) is 10.1 Å². The van der Waals surface area contributed by atoms with Crippen molar-refractivity contribution in [2.75, 3.05) is 10.7 Å². The Labute approximate surface area is 139 Å². The van der Waals surface area contributed by atoms with Crippen molar-refractivity contribution in [3.8, 4) is 5.75 Å². The summed E-state index contributed by atoms with van der Waals surface area (Å²) < 4.78 is 21.2. The molecule has 3 aromatic rings. The molecule has 0 amide bonds. The van der Waals surface area contributed by atoms with Gasteiger partial charge in [0.05, 0.1) is 12.3 Å². The topological polar surface area (TPSA) is 64.0 Å². The van der Waals surface area contributed by atoms with E-state index in [0.29, 0.717) is 5.69 Å². The summed E-state index contributed by atoms with van der Waals surface area (Å²) >= 11 is 0. The SMILES string of the molecule is CC(C)Oc1ccc(Nc2nc(Nn3cccc3)ncc2F)cc1. The minimum Gasteiger partial charge on any atom is -0.491 e.